The van der Waals surface area contributed by atoms with Gasteiger partial charge in [-0.25, -0.2) is 9.67 Å². The predicted molar refractivity (Wildman–Crippen MR) is 81.2 cm³/mol. The summed E-state index contributed by atoms with van der Waals surface area (Å²) in [6.07, 6.45) is 6.11. The Balaban J connectivity index is 2.07. The number of aromatic nitrogens is 3. The summed E-state index contributed by atoms with van der Waals surface area (Å²) >= 11 is 0. The number of rotatable bonds is 7. The van der Waals surface area contributed by atoms with E-state index in [1.807, 2.05) is 12.1 Å². The number of hydrogen-bond donors (Lipinski definition) is 2. The van der Waals surface area contributed by atoms with Crippen molar-refractivity contribution >= 4 is 5.91 Å². The summed E-state index contributed by atoms with van der Waals surface area (Å²) in [5.74, 6) is -0.108. The monoisotopic (exact) mass is 287 g/mol. The molecular formula is C15H21N5O. The average molecular weight is 287 g/mol. The SMILES string of the molecule is CCCCC(CN)NC(=O)c1cccc(-n2cncn2)c1. The van der Waals surface area contributed by atoms with E-state index < -0.39 is 0 Å². The van der Waals surface area contributed by atoms with Crippen LogP contribution in [0.1, 0.15) is 36.5 Å². The van der Waals surface area contributed by atoms with Crippen LogP contribution < -0.4 is 11.1 Å². The molecule has 0 bridgehead atoms. The van der Waals surface area contributed by atoms with E-state index in [9.17, 15) is 4.79 Å². The standard InChI is InChI=1S/C15H21N5O/c1-2-3-6-13(9-16)19-15(21)12-5-4-7-14(8-12)20-11-17-10-18-20/h4-5,7-8,10-11,13H,2-3,6,9,16H2,1H3,(H,19,21). The van der Waals surface area contributed by atoms with Crippen molar-refractivity contribution in [1.82, 2.24) is 20.1 Å². The average Bonchev–Trinajstić information content (AvgIpc) is 3.05. The Morgan fingerprint density at radius 2 is 2.33 bits per heavy atom. The lowest BCUT2D eigenvalue weighted by Crippen LogP contribution is -2.40. The van der Waals surface area contributed by atoms with Gasteiger partial charge in [0, 0.05) is 18.2 Å². The first-order valence-corrected chi connectivity index (χ1v) is 7.20. The van der Waals surface area contributed by atoms with E-state index in [1.54, 1.807) is 23.1 Å². The third kappa shape index (κ3) is 4.13. The van der Waals surface area contributed by atoms with Gasteiger partial charge in [-0.15, -0.1) is 0 Å². The number of unbranched alkanes of at least 4 members (excludes halogenated alkanes) is 1. The molecule has 1 aromatic heterocycles. The van der Waals surface area contributed by atoms with Gasteiger partial charge in [0.05, 0.1) is 5.69 Å². The summed E-state index contributed by atoms with van der Waals surface area (Å²) in [5, 5.41) is 7.04. The van der Waals surface area contributed by atoms with Crippen LogP contribution in [0, 0.1) is 0 Å². The third-order valence-corrected chi connectivity index (χ3v) is 3.32. The van der Waals surface area contributed by atoms with Gasteiger partial charge in [0.1, 0.15) is 12.7 Å². The molecule has 0 spiro atoms. The van der Waals surface area contributed by atoms with Crippen molar-refractivity contribution in [2.75, 3.05) is 6.54 Å². The van der Waals surface area contributed by atoms with Gasteiger partial charge in [-0.3, -0.25) is 4.79 Å². The number of nitrogens with zero attached hydrogens (tertiary/aromatic N) is 3. The first-order chi connectivity index (χ1) is 10.2. The van der Waals surface area contributed by atoms with Crippen LogP contribution >= 0.6 is 0 Å². The van der Waals surface area contributed by atoms with E-state index >= 15 is 0 Å². The van der Waals surface area contributed by atoms with Gasteiger partial charge in [0.25, 0.3) is 5.91 Å². The maximum absolute atomic E-state index is 12.3. The predicted octanol–water partition coefficient (Wildman–Crippen LogP) is 1.51. The quantitative estimate of drug-likeness (QED) is 0.808. The lowest BCUT2D eigenvalue weighted by atomic mass is 10.1. The lowest BCUT2D eigenvalue weighted by molar-refractivity contribution is 0.0935. The highest BCUT2D eigenvalue weighted by atomic mass is 16.1. The van der Waals surface area contributed by atoms with Gasteiger partial charge in [-0.1, -0.05) is 25.8 Å². The lowest BCUT2D eigenvalue weighted by Gasteiger charge is -2.16. The molecular weight excluding hydrogens is 266 g/mol. The van der Waals surface area contributed by atoms with Gasteiger partial charge in [-0.2, -0.15) is 5.10 Å². The van der Waals surface area contributed by atoms with Crippen LogP contribution in [-0.4, -0.2) is 33.3 Å². The van der Waals surface area contributed by atoms with E-state index in [0.717, 1.165) is 24.9 Å². The van der Waals surface area contributed by atoms with Crippen molar-refractivity contribution in [3.8, 4) is 5.69 Å². The number of amides is 1. The van der Waals surface area contributed by atoms with Gasteiger partial charge < -0.3 is 11.1 Å². The van der Waals surface area contributed by atoms with Crippen LogP contribution in [0.25, 0.3) is 5.69 Å². The summed E-state index contributed by atoms with van der Waals surface area (Å²) in [6, 6.07) is 7.30. The molecule has 0 aliphatic carbocycles. The zero-order chi connectivity index (χ0) is 15.1. The topological polar surface area (TPSA) is 85.8 Å². The number of nitrogens with two attached hydrogens (primary N) is 1. The van der Waals surface area contributed by atoms with Crippen LogP contribution in [-0.2, 0) is 0 Å². The zero-order valence-corrected chi connectivity index (χ0v) is 12.2. The van der Waals surface area contributed by atoms with Crippen LogP contribution in [0.2, 0.25) is 0 Å². The summed E-state index contributed by atoms with van der Waals surface area (Å²) in [7, 11) is 0. The molecule has 3 N–H and O–H groups in total. The smallest absolute Gasteiger partial charge is 0.251 e. The molecule has 1 unspecified atom stereocenters. The molecule has 0 aliphatic rings. The first kappa shape index (κ1) is 15.2. The summed E-state index contributed by atoms with van der Waals surface area (Å²) in [5.41, 5.74) is 7.11. The molecule has 2 rings (SSSR count). The van der Waals surface area contributed by atoms with Crippen LogP contribution in [0.15, 0.2) is 36.9 Å². The second kappa shape index (κ2) is 7.54. The number of carbonyl (C=O) groups excluding carboxylic acids is 1. The molecule has 0 radical (unpaired) electrons. The van der Waals surface area contributed by atoms with E-state index in [-0.39, 0.29) is 11.9 Å². The molecule has 1 amide bonds. The Morgan fingerprint density at radius 3 is 3.00 bits per heavy atom. The van der Waals surface area contributed by atoms with Crippen molar-refractivity contribution in [2.45, 2.75) is 32.2 Å². The minimum atomic E-state index is -0.108. The highest BCUT2D eigenvalue weighted by Crippen LogP contribution is 2.10. The molecule has 0 saturated carbocycles. The minimum absolute atomic E-state index is 0.0208. The fourth-order valence-electron chi connectivity index (χ4n) is 2.10. The second-order valence-electron chi connectivity index (χ2n) is 4.94. The van der Waals surface area contributed by atoms with Gasteiger partial charge in [0.2, 0.25) is 0 Å². The summed E-state index contributed by atoms with van der Waals surface area (Å²) < 4.78 is 1.62. The number of benzene rings is 1. The fraction of sp³-hybridized carbons (Fsp3) is 0.400. The van der Waals surface area contributed by atoms with E-state index in [1.165, 1.54) is 6.33 Å². The second-order valence-corrected chi connectivity index (χ2v) is 4.94. The van der Waals surface area contributed by atoms with Crippen molar-refractivity contribution < 1.29 is 4.79 Å². The third-order valence-electron chi connectivity index (χ3n) is 3.32. The molecule has 0 saturated heterocycles. The highest BCUT2D eigenvalue weighted by Gasteiger charge is 2.12. The molecule has 1 aromatic carbocycles. The van der Waals surface area contributed by atoms with E-state index in [2.05, 4.69) is 22.3 Å². The van der Waals surface area contributed by atoms with E-state index in [4.69, 9.17) is 5.73 Å². The highest BCUT2D eigenvalue weighted by molar-refractivity contribution is 5.94. The van der Waals surface area contributed by atoms with Crippen molar-refractivity contribution in [1.29, 1.82) is 0 Å². The normalized spacial score (nSPS) is 12.1. The summed E-state index contributed by atoms with van der Waals surface area (Å²) in [6.45, 7) is 2.57. The Kier molecular flexibility index (Phi) is 5.45. The molecule has 1 atom stereocenters. The number of carbonyl (C=O) groups is 1. The van der Waals surface area contributed by atoms with Gasteiger partial charge >= 0.3 is 0 Å². The van der Waals surface area contributed by atoms with Crippen molar-refractivity contribution in [2.24, 2.45) is 5.73 Å². The van der Waals surface area contributed by atoms with E-state index in [0.29, 0.717) is 12.1 Å². The van der Waals surface area contributed by atoms with Crippen molar-refractivity contribution in [3.05, 3.63) is 42.5 Å². The molecule has 112 valence electrons. The minimum Gasteiger partial charge on any atom is -0.348 e. The van der Waals surface area contributed by atoms with Crippen LogP contribution in [0.5, 0.6) is 0 Å². The van der Waals surface area contributed by atoms with Gasteiger partial charge in [0.15, 0.2) is 0 Å². The van der Waals surface area contributed by atoms with Crippen molar-refractivity contribution in [3.63, 3.8) is 0 Å². The maximum atomic E-state index is 12.3. The zero-order valence-electron chi connectivity index (χ0n) is 12.2. The van der Waals surface area contributed by atoms with Crippen LogP contribution in [0.4, 0.5) is 0 Å². The molecule has 0 fully saturated rings. The largest absolute Gasteiger partial charge is 0.348 e. The fourth-order valence-corrected chi connectivity index (χ4v) is 2.10. The molecule has 2 aromatic rings. The molecule has 21 heavy (non-hydrogen) atoms. The first-order valence-electron chi connectivity index (χ1n) is 7.20. The number of hydrogen-bond acceptors (Lipinski definition) is 4. The Hall–Kier alpha value is -2.21. The molecule has 6 nitrogen and oxygen atoms in total. The molecule has 0 aliphatic heterocycles. The Labute approximate surface area is 124 Å². The molecule has 1 heterocycles. The van der Waals surface area contributed by atoms with Gasteiger partial charge in [-0.05, 0) is 24.6 Å². The summed E-state index contributed by atoms with van der Waals surface area (Å²) in [4.78, 5) is 16.2. The maximum Gasteiger partial charge on any atom is 0.251 e. The molecule has 6 heteroatoms. The van der Waals surface area contributed by atoms with Crippen LogP contribution in [0.3, 0.4) is 0 Å². The number of nitrogens with one attached hydrogen (secondary N) is 1. The Bertz CT molecular complexity index is 567. The Morgan fingerprint density at radius 1 is 1.48 bits per heavy atom.